The van der Waals surface area contributed by atoms with E-state index in [4.69, 9.17) is 4.74 Å². The Morgan fingerprint density at radius 1 is 1.48 bits per heavy atom. The molecule has 0 fully saturated rings. The molecule has 2 aromatic rings. The van der Waals surface area contributed by atoms with Gasteiger partial charge in [0.2, 0.25) is 0 Å². The summed E-state index contributed by atoms with van der Waals surface area (Å²) >= 11 is 1.41. The van der Waals surface area contributed by atoms with Crippen molar-refractivity contribution in [1.29, 1.82) is 0 Å². The number of aromatic nitrogens is 1. The fourth-order valence-electron chi connectivity index (χ4n) is 2.41. The molecule has 0 bridgehead atoms. The molecule has 1 aromatic carbocycles. The third-order valence-electron chi connectivity index (χ3n) is 3.49. The Hall–Kier alpha value is -1.92. The molecule has 1 amide bonds. The molecule has 1 aromatic heterocycles. The smallest absolute Gasteiger partial charge is 0.270 e. The maximum absolute atomic E-state index is 12.1. The number of carbonyl (C=O) groups is 1. The van der Waals surface area contributed by atoms with Crippen molar-refractivity contribution in [2.75, 3.05) is 25.5 Å². The van der Waals surface area contributed by atoms with Crippen LogP contribution in [0.5, 0.6) is 0 Å². The van der Waals surface area contributed by atoms with Crippen LogP contribution in [0, 0.1) is 0 Å². The first-order valence-corrected chi connectivity index (χ1v) is 7.77. The molecule has 1 aliphatic rings. The highest BCUT2D eigenvalue weighted by molar-refractivity contribution is 7.13. The van der Waals surface area contributed by atoms with E-state index in [0.29, 0.717) is 18.8 Å². The molecule has 5 nitrogen and oxygen atoms in total. The predicted octanol–water partition coefficient (Wildman–Crippen LogP) is 2.23. The average molecular weight is 303 g/mol. The van der Waals surface area contributed by atoms with E-state index in [-0.39, 0.29) is 12.0 Å². The Kier molecular flexibility index (Phi) is 4.17. The second kappa shape index (κ2) is 6.24. The zero-order chi connectivity index (χ0) is 14.7. The molecular weight excluding hydrogens is 286 g/mol. The van der Waals surface area contributed by atoms with Crippen molar-refractivity contribution in [1.82, 2.24) is 10.3 Å². The van der Waals surface area contributed by atoms with Crippen molar-refractivity contribution in [3.05, 3.63) is 46.5 Å². The Balaban J connectivity index is 1.64. The van der Waals surface area contributed by atoms with E-state index < -0.39 is 0 Å². The molecule has 6 heteroatoms. The van der Waals surface area contributed by atoms with Gasteiger partial charge in [-0.15, -0.1) is 11.3 Å². The normalized spacial score (nSPS) is 17.1. The van der Waals surface area contributed by atoms with E-state index in [0.717, 1.165) is 11.6 Å². The van der Waals surface area contributed by atoms with Gasteiger partial charge < -0.3 is 15.4 Å². The maximum Gasteiger partial charge on any atom is 0.270 e. The molecule has 1 atom stereocenters. The van der Waals surface area contributed by atoms with E-state index in [1.165, 1.54) is 22.5 Å². The summed E-state index contributed by atoms with van der Waals surface area (Å²) in [6, 6.07) is 8.22. The van der Waals surface area contributed by atoms with E-state index in [1.807, 2.05) is 12.1 Å². The summed E-state index contributed by atoms with van der Waals surface area (Å²) in [5, 5.41) is 8.31. The van der Waals surface area contributed by atoms with Crippen LogP contribution < -0.4 is 10.6 Å². The summed E-state index contributed by atoms with van der Waals surface area (Å²) in [5.74, 6) is -0.167. The Morgan fingerprint density at radius 2 is 2.33 bits per heavy atom. The van der Waals surface area contributed by atoms with Crippen LogP contribution in [0.25, 0.3) is 0 Å². The minimum absolute atomic E-state index is 0.0821. The van der Waals surface area contributed by atoms with Gasteiger partial charge in [-0.05, 0) is 17.5 Å². The van der Waals surface area contributed by atoms with Crippen LogP contribution in [-0.2, 0) is 11.2 Å². The lowest BCUT2D eigenvalue weighted by Gasteiger charge is -2.26. The Labute approximate surface area is 127 Å². The monoisotopic (exact) mass is 303 g/mol. The number of rotatable bonds is 4. The van der Waals surface area contributed by atoms with Gasteiger partial charge in [0.25, 0.3) is 5.91 Å². The lowest BCUT2D eigenvalue weighted by atomic mass is 9.97. The number of ether oxygens (including phenoxy) is 1. The van der Waals surface area contributed by atoms with Crippen molar-refractivity contribution >= 4 is 22.4 Å². The highest BCUT2D eigenvalue weighted by atomic mass is 32.1. The van der Waals surface area contributed by atoms with Crippen LogP contribution in [0.15, 0.2) is 29.6 Å². The summed E-state index contributed by atoms with van der Waals surface area (Å²) < 4.78 is 5.77. The minimum atomic E-state index is -0.167. The van der Waals surface area contributed by atoms with Crippen LogP contribution in [0.2, 0.25) is 0 Å². The number of nitrogens with zero attached hydrogens (tertiary/aromatic N) is 1. The van der Waals surface area contributed by atoms with E-state index >= 15 is 0 Å². The quantitative estimate of drug-likeness (QED) is 0.909. The zero-order valence-electron chi connectivity index (χ0n) is 11.8. The van der Waals surface area contributed by atoms with Crippen molar-refractivity contribution in [2.45, 2.75) is 12.5 Å². The molecule has 0 unspecified atom stereocenters. The minimum Gasteiger partial charge on any atom is -0.371 e. The molecule has 0 saturated heterocycles. The average Bonchev–Trinajstić information content (AvgIpc) is 3.01. The number of nitrogens with one attached hydrogen (secondary N) is 2. The van der Waals surface area contributed by atoms with Crippen LogP contribution >= 0.6 is 11.3 Å². The zero-order valence-corrected chi connectivity index (χ0v) is 12.6. The maximum atomic E-state index is 12.1. The first kappa shape index (κ1) is 14.0. The molecule has 110 valence electrons. The third kappa shape index (κ3) is 3.06. The van der Waals surface area contributed by atoms with Gasteiger partial charge in [0.15, 0.2) is 5.13 Å². The number of thiazole rings is 1. The Bertz CT molecular complexity index is 641. The number of fused-ring (bicyclic) bond motifs is 1. The van der Waals surface area contributed by atoms with Crippen molar-refractivity contribution in [3.8, 4) is 0 Å². The molecule has 0 radical (unpaired) electrons. The largest absolute Gasteiger partial charge is 0.371 e. The molecule has 2 heterocycles. The second-order valence-corrected chi connectivity index (χ2v) is 5.66. The summed E-state index contributed by atoms with van der Waals surface area (Å²) in [6.45, 7) is 1.15. The van der Waals surface area contributed by atoms with Gasteiger partial charge in [-0.1, -0.05) is 24.3 Å². The number of carbonyl (C=O) groups excluding carboxylic acids is 1. The van der Waals surface area contributed by atoms with Crippen LogP contribution in [-0.4, -0.2) is 31.1 Å². The van der Waals surface area contributed by atoms with Gasteiger partial charge in [-0.2, -0.15) is 0 Å². The number of benzene rings is 1. The lowest BCUT2D eigenvalue weighted by Crippen LogP contribution is -2.32. The molecule has 0 aliphatic carbocycles. The van der Waals surface area contributed by atoms with Crippen molar-refractivity contribution in [2.24, 2.45) is 0 Å². The molecule has 2 N–H and O–H groups in total. The molecule has 21 heavy (non-hydrogen) atoms. The van der Waals surface area contributed by atoms with Gasteiger partial charge in [-0.25, -0.2) is 4.98 Å². The Morgan fingerprint density at radius 3 is 3.14 bits per heavy atom. The standard InChI is InChI=1S/C15H17N3O2S/c1-16-15-18-12(9-21-15)14(19)17-8-13-11-5-3-2-4-10(11)6-7-20-13/h2-5,9,13H,6-8H2,1H3,(H,16,18)(H,17,19)/t13-/m1/s1. The molecule has 3 rings (SSSR count). The van der Waals surface area contributed by atoms with E-state index in [2.05, 4.69) is 27.8 Å². The number of hydrogen-bond donors (Lipinski definition) is 2. The fraction of sp³-hybridized carbons (Fsp3) is 0.333. The van der Waals surface area contributed by atoms with Crippen LogP contribution in [0.1, 0.15) is 27.7 Å². The second-order valence-electron chi connectivity index (χ2n) is 4.81. The topological polar surface area (TPSA) is 63.2 Å². The fourth-order valence-corrected chi connectivity index (χ4v) is 3.07. The van der Waals surface area contributed by atoms with Gasteiger partial charge in [-0.3, -0.25) is 4.79 Å². The van der Waals surface area contributed by atoms with Crippen LogP contribution in [0.4, 0.5) is 5.13 Å². The van der Waals surface area contributed by atoms with Gasteiger partial charge in [0.1, 0.15) is 11.8 Å². The number of hydrogen-bond acceptors (Lipinski definition) is 5. The van der Waals surface area contributed by atoms with Crippen molar-refractivity contribution in [3.63, 3.8) is 0 Å². The highest BCUT2D eigenvalue weighted by Gasteiger charge is 2.21. The molecular formula is C15H17N3O2S. The SMILES string of the molecule is CNc1nc(C(=O)NC[C@H]2OCCc3ccccc32)cs1. The van der Waals surface area contributed by atoms with Crippen LogP contribution in [0.3, 0.4) is 0 Å². The first-order chi connectivity index (χ1) is 10.3. The summed E-state index contributed by atoms with van der Waals surface area (Å²) in [7, 11) is 1.79. The summed E-state index contributed by atoms with van der Waals surface area (Å²) in [6.07, 6.45) is 0.847. The molecule has 1 aliphatic heterocycles. The predicted molar refractivity (Wildman–Crippen MR) is 82.8 cm³/mol. The summed E-state index contributed by atoms with van der Waals surface area (Å²) in [5.41, 5.74) is 2.90. The van der Waals surface area contributed by atoms with Gasteiger partial charge in [0.05, 0.1) is 6.61 Å². The molecule has 0 spiro atoms. The first-order valence-electron chi connectivity index (χ1n) is 6.89. The highest BCUT2D eigenvalue weighted by Crippen LogP contribution is 2.26. The summed E-state index contributed by atoms with van der Waals surface area (Å²) in [4.78, 5) is 16.3. The van der Waals surface area contributed by atoms with E-state index in [1.54, 1.807) is 12.4 Å². The van der Waals surface area contributed by atoms with Gasteiger partial charge in [0, 0.05) is 19.0 Å². The van der Waals surface area contributed by atoms with E-state index in [9.17, 15) is 4.79 Å². The number of amides is 1. The molecule has 0 saturated carbocycles. The third-order valence-corrected chi connectivity index (χ3v) is 4.35. The number of anilines is 1. The van der Waals surface area contributed by atoms with Crippen molar-refractivity contribution < 1.29 is 9.53 Å². The van der Waals surface area contributed by atoms with Gasteiger partial charge >= 0.3 is 0 Å². The lowest BCUT2D eigenvalue weighted by molar-refractivity contribution is 0.0411.